The van der Waals surface area contributed by atoms with E-state index in [2.05, 4.69) is 24.1 Å². The summed E-state index contributed by atoms with van der Waals surface area (Å²) in [5.41, 5.74) is 6.71. The molecule has 0 aromatic carbocycles. The molecule has 0 saturated carbocycles. The number of nitrogens with zero attached hydrogens (tertiary/aromatic N) is 2. The number of anilines is 2. The fourth-order valence-electron chi connectivity index (χ4n) is 1.26. The van der Waals surface area contributed by atoms with Crippen molar-refractivity contribution in [3.63, 3.8) is 0 Å². The van der Waals surface area contributed by atoms with Gasteiger partial charge in [-0.15, -0.1) is 0 Å². The molecule has 0 radical (unpaired) electrons. The Labute approximate surface area is 100 Å². The summed E-state index contributed by atoms with van der Waals surface area (Å²) >= 11 is 1.86. The fourth-order valence-corrected chi connectivity index (χ4v) is 1.93. The first-order valence-electron chi connectivity index (χ1n) is 5.17. The van der Waals surface area contributed by atoms with Crippen LogP contribution in [0.3, 0.4) is 0 Å². The number of pyridine rings is 1. The predicted molar refractivity (Wildman–Crippen MR) is 69.4 cm³/mol. The van der Waals surface area contributed by atoms with Gasteiger partial charge in [0.05, 0.1) is 11.3 Å². The minimum absolute atomic E-state index is 0.286. The average molecular weight is 236 g/mol. The Kier molecular flexibility index (Phi) is 4.93. The summed E-state index contributed by atoms with van der Waals surface area (Å²) in [6.07, 6.45) is 1.59. The molecular formula is C11H16N4S. The molecule has 0 bridgehead atoms. The van der Waals surface area contributed by atoms with Crippen molar-refractivity contribution in [2.75, 3.05) is 22.6 Å². The largest absolute Gasteiger partial charge is 0.395 e. The van der Waals surface area contributed by atoms with Gasteiger partial charge in [0, 0.05) is 18.0 Å². The Bertz CT molecular complexity index is 386. The maximum atomic E-state index is 8.83. The Balaban J connectivity index is 2.70. The second kappa shape index (κ2) is 6.23. The molecule has 1 heterocycles. The van der Waals surface area contributed by atoms with E-state index >= 15 is 0 Å². The van der Waals surface area contributed by atoms with E-state index in [4.69, 9.17) is 11.0 Å². The first-order valence-corrected chi connectivity index (χ1v) is 6.33. The lowest BCUT2D eigenvalue weighted by molar-refractivity contribution is 0.903. The van der Waals surface area contributed by atoms with E-state index in [0.29, 0.717) is 17.1 Å². The van der Waals surface area contributed by atoms with E-state index in [1.54, 1.807) is 12.3 Å². The molecule has 0 aliphatic heterocycles. The van der Waals surface area contributed by atoms with E-state index in [0.717, 1.165) is 11.5 Å². The van der Waals surface area contributed by atoms with Crippen LogP contribution in [0, 0.1) is 11.3 Å². The van der Waals surface area contributed by atoms with Crippen molar-refractivity contribution in [1.29, 1.82) is 5.26 Å². The van der Waals surface area contributed by atoms with Crippen LogP contribution in [0.2, 0.25) is 0 Å². The van der Waals surface area contributed by atoms with Gasteiger partial charge in [0.1, 0.15) is 6.07 Å². The van der Waals surface area contributed by atoms with Crippen molar-refractivity contribution in [2.24, 2.45) is 0 Å². The number of thioether (sulfide) groups is 1. The lowest BCUT2D eigenvalue weighted by atomic mass is 10.2. The monoisotopic (exact) mass is 236 g/mol. The molecule has 3 N–H and O–H groups in total. The Hall–Kier alpha value is -1.41. The number of hydrogen-bond acceptors (Lipinski definition) is 5. The highest BCUT2D eigenvalue weighted by Crippen LogP contribution is 2.20. The molecule has 0 aliphatic carbocycles. The summed E-state index contributed by atoms with van der Waals surface area (Å²) in [5, 5.41) is 12.0. The molecule has 1 aromatic heterocycles. The fraction of sp³-hybridized carbons (Fsp3) is 0.455. The quantitative estimate of drug-likeness (QED) is 0.818. The highest BCUT2D eigenvalue weighted by Gasteiger charge is 2.08. The molecule has 1 atom stereocenters. The highest BCUT2D eigenvalue weighted by atomic mass is 32.2. The summed E-state index contributed by atoms with van der Waals surface area (Å²) < 4.78 is 0. The normalized spacial score (nSPS) is 11.8. The SMILES string of the molecule is CCSCC(C)Nc1nccc(C#N)c1N. The van der Waals surface area contributed by atoms with E-state index in [-0.39, 0.29) is 6.04 Å². The third kappa shape index (κ3) is 3.31. The number of nitrogens with two attached hydrogens (primary N) is 1. The van der Waals surface area contributed by atoms with E-state index in [1.165, 1.54) is 0 Å². The van der Waals surface area contributed by atoms with Gasteiger partial charge in [0.15, 0.2) is 5.82 Å². The first kappa shape index (κ1) is 12.7. The molecule has 1 aromatic rings. The first-order chi connectivity index (χ1) is 7.69. The standard InChI is InChI=1S/C11H16N4S/c1-3-16-7-8(2)15-11-10(13)9(6-12)4-5-14-11/h4-5,8H,3,7,13H2,1-2H3,(H,14,15). The molecule has 0 spiro atoms. The van der Waals surface area contributed by atoms with Crippen molar-refractivity contribution < 1.29 is 0 Å². The topological polar surface area (TPSA) is 74.7 Å². The molecule has 16 heavy (non-hydrogen) atoms. The molecule has 4 nitrogen and oxygen atoms in total. The minimum Gasteiger partial charge on any atom is -0.395 e. The minimum atomic E-state index is 0.286. The van der Waals surface area contributed by atoms with Crippen molar-refractivity contribution in [2.45, 2.75) is 19.9 Å². The average Bonchev–Trinajstić information content (AvgIpc) is 2.29. The zero-order chi connectivity index (χ0) is 12.0. The predicted octanol–water partition coefficient (Wildman–Crippen LogP) is 2.09. The Morgan fingerprint density at radius 3 is 3.06 bits per heavy atom. The van der Waals surface area contributed by atoms with Crippen LogP contribution in [-0.2, 0) is 0 Å². The molecule has 86 valence electrons. The van der Waals surface area contributed by atoms with Crippen molar-refractivity contribution in [1.82, 2.24) is 4.98 Å². The Morgan fingerprint density at radius 1 is 1.69 bits per heavy atom. The van der Waals surface area contributed by atoms with E-state index in [1.807, 2.05) is 17.8 Å². The Morgan fingerprint density at radius 2 is 2.44 bits per heavy atom. The van der Waals surface area contributed by atoms with Crippen LogP contribution in [0.4, 0.5) is 11.5 Å². The van der Waals surface area contributed by atoms with Gasteiger partial charge in [0.2, 0.25) is 0 Å². The summed E-state index contributed by atoms with van der Waals surface area (Å²) in [5.74, 6) is 2.69. The lowest BCUT2D eigenvalue weighted by Gasteiger charge is -2.15. The van der Waals surface area contributed by atoms with Gasteiger partial charge >= 0.3 is 0 Å². The molecule has 5 heteroatoms. The lowest BCUT2D eigenvalue weighted by Crippen LogP contribution is -2.20. The molecule has 0 amide bonds. The van der Waals surface area contributed by atoms with Gasteiger partial charge in [-0.1, -0.05) is 6.92 Å². The molecule has 1 unspecified atom stereocenters. The van der Waals surface area contributed by atoms with E-state index < -0.39 is 0 Å². The maximum absolute atomic E-state index is 8.83. The highest BCUT2D eigenvalue weighted by molar-refractivity contribution is 7.99. The second-order valence-corrected chi connectivity index (χ2v) is 4.76. The van der Waals surface area contributed by atoms with Gasteiger partial charge in [-0.05, 0) is 18.7 Å². The molecule has 0 fully saturated rings. The molecular weight excluding hydrogens is 220 g/mol. The molecule has 1 rings (SSSR count). The van der Waals surface area contributed by atoms with Crippen molar-refractivity contribution in [3.05, 3.63) is 17.8 Å². The third-order valence-electron chi connectivity index (χ3n) is 2.07. The number of nitrogens with one attached hydrogen (secondary N) is 1. The van der Waals surface area contributed by atoms with E-state index in [9.17, 15) is 0 Å². The van der Waals surface area contributed by atoms with Crippen molar-refractivity contribution >= 4 is 23.3 Å². The van der Waals surface area contributed by atoms with Gasteiger partial charge in [-0.25, -0.2) is 4.98 Å². The number of hydrogen-bond donors (Lipinski definition) is 2. The van der Waals surface area contributed by atoms with Gasteiger partial charge in [0.25, 0.3) is 0 Å². The zero-order valence-corrected chi connectivity index (χ0v) is 10.3. The number of nitriles is 1. The summed E-state index contributed by atoms with van der Waals surface area (Å²) in [4.78, 5) is 4.14. The van der Waals surface area contributed by atoms with Crippen molar-refractivity contribution in [3.8, 4) is 6.07 Å². The van der Waals surface area contributed by atoms with Crippen LogP contribution in [0.1, 0.15) is 19.4 Å². The van der Waals surface area contributed by atoms with Crippen LogP contribution < -0.4 is 11.1 Å². The smallest absolute Gasteiger partial charge is 0.150 e. The van der Waals surface area contributed by atoms with Crippen LogP contribution >= 0.6 is 11.8 Å². The van der Waals surface area contributed by atoms with Gasteiger partial charge in [-0.2, -0.15) is 17.0 Å². The van der Waals surface area contributed by atoms with Gasteiger partial charge < -0.3 is 11.1 Å². The number of nitrogen functional groups attached to an aromatic ring is 1. The zero-order valence-electron chi connectivity index (χ0n) is 9.53. The summed E-state index contributed by atoms with van der Waals surface area (Å²) in [6.45, 7) is 4.20. The van der Waals surface area contributed by atoms with Gasteiger partial charge in [-0.3, -0.25) is 0 Å². The second-order valence-electron chi connectivity index (χ2n) is 3.44. The molecule has 0 aliphatic rings. The third-order valence-corrected chi connectivity index (χ3v) is 3.21. The maximum Gasteiger partial charge on any atom is 0.150 e. The van der Waals surface area contributed by atoms with Crippen LogP contribution in [0.15, 0.2) is 12.3 Å². The molecule has 0 saturated heterocycles. The number of rotatable bonds is 5. The van der Waals surface area contributed by atoms with Crippen LogP contribution in [-0.4, -0.2) is 22.5 Å². The van der Waals surface area contributed by atoms with Crippen LogP contribution in [0.5, 0.6) is 0 Å². The van der Waals surface area contributed by atoms with Crippen LogP contribution in [0.25, 0.3) is 0 Å². The summed E-state index contributed by atoms with van der Waals surface area (Å²) in [7, 11) is 0. The summed E-state index contributed by atoms with van der Waals surface area (Å²) in [6, 6.07) is 3.94. The number of aromatic nitrogens is 1.